The number of hydrogen-bond acceptors (Lipinski definition) is 3. The van der Waals surface area contributed by atoms with Gasteiger partial charge in [0, 0.05) is 24.0 Å². The summed E-state index contributed by atoms with van der Waals surface area (Å²) in [5.41, 5.74) is 2.30. The lowest BCUT2D eigenvalue weighted by atomic mass is 10.1. The zero-order valence-electron chi connectivity index (χ0n) is 13.6. The Morgan fingerprint density at radius 3 is 2.57 bits per heavy atom. The maximum atomic E-state index is 4.68. The van der Waals surface area contributed by atoms with Gasteiger partial charge in [0.1, 0.15) is 0 Å². The first-order chi connectivity index (χ1) is 10.2. The van der Waals surface area contributed by atoms with E-state index in [9.17, 15) is 0 Å². The van der Waals surface area contributed by atoms with Crippen LogP contribution < -0.4 is 5.32 Å². The quantitative estimate of drug-likeness (QED) is 0.812. The molecule has 2 heterocycles. The van der Waals surface area contributed by atoms with Gasteiger partial charge in [0.2, 0.25) is 0 Å². The van der Waals surface area contributed by atoms with Gasteiger partial charge in [-0.3, -0.25) is 9.36 Å². The highest BCUT2D eigenvalue weighted by Gasteiger charge is 2.11. The molecule has 0 bridgehead atoms. The molecule has 2 aromatic rings. The molecule has 21 heavy (non-hydrogen) atoms. The second-order valence-corrected chi connectivity index (χ2v) is 5.48. The van der Waals surface area contributed by atoms with Crippen LogP contribution in [0.15, 0.2) is 24.7 Å². The first-order valence-electron chi connectivity index (χ1n) is 7.95. The molecule has 5 heteroatoms. The predicted molar refractivity (Wildman–Crippen MR) is 85.3 cm³/mol. The fourth-order valence-corrected chi connectivity index (χ4v) is 2.75. The molecule has 0 saturated carbocycles. The van der Waals surface area contributed by atoms with Crippen LogP contribution in [0.3, 0.4) is 0 Å². The van der Waals surface area contributed by atoms with Gasteiger partial charge in [-0.1, -0.05) is 20.8 Å². The van der Waals surface area contributed by atoms with Gasteiger partial charge >= 0.3 is 0 Å². The molecular formula is C16H27N5. The number of nitrogens with zero attached hydrogens (tertiary/aromatic N) is 4. The third-order valence-electron chi connectivity index (χ3n) is 4.12. The largest absolute Gasteiger partial charge is 0.313 e. The van der Waals surface area contributed by atoms with E-state index in [0.29, 0.717) is 12.1 Å². The van der Waals surface area contributed by atoms with Crippen molar-refractivity contribution in [2.24, 2.45) is 0 Å². The van der Waals surface area contributed by atoms with E-state index in [1.54, 1.807) is 0 Å². The molecule has 0 aliphatic carbocycles. The first-order valence-corrected chi connectivity index (χ1v) is 7.95. The summed E-state index contributed by atoms with van der Waals surface area (Å²) in [7, 11) is 1.99. The Labute approximate surface area is 127 Å². The number of nitrogens with one attached hydrogen (secondary N) is 1. The van der Waals surface area contributed by atoms with Crippen molar-refractivity contribution in [3.05, 3.63) is 35.9 Å². The number of aromatic nitrogens is 4. The number of hydrogen-bond donors (Lipinski definition) is 1. The van der Waals surface area contributed by atoms with Crippen LogP contribution in [0.1, 0.15) is 63.4 Å². The van der Waals surface area contributed by atoms with Crippen LogP contribution in [0.2, 0.25) is 0 Å². The standard InChI is InChI=1S/C16H27N5/c1-5-15(6-2)21-9-8-14(19-21)12-20-11-13(10-18-20)16(7-3)17-4/h8-11,15-17H,5-7,12H2,1-4H3. The summed E-state index contributed by atoms with van der Waals surface area (Å²) in [4.78, 5) is 0. The summed E-state index contributed by atoms with van der Waals surface area (Å²) in [6.45, 7) is 7.32. The van der Waals surface area contributed by atoms with E-state index < -0.39 is 0 Å². The van der Waals surface area contributed by atoms with Gasteiger partial charge in [-0.2, -0.15) is 10.2 Å². The number of rotatable bonds is 8. The maximum Gasteiger partial charge on any atom is 0.0849 e. The lowest BCUT2D eigenvalue weighted by Crippen LogP contribution is -2.14. The van der Waals surface area contributed by atoms with Gasteiger partial charge in [0.15, 0.2) is 0 Å². The van der Waals surface area contributed by atoms with Gasteiger partial charge in [0.25, 0.3) is 0 Å². The molecule has 0 saturated heterocycles. The fraction of sp³-hybridized carbons (Fsp3) is 0.625. The molecule has 0 aliphatic heterocycles. The van der Waals surface area contributed by atoms with Crippen molar-refractivity contribution < 1.29 is 0 Å². The molecule has 1 N–H and O–H groups in total. The average Bonchev–Trinajstić information content (AvgIpc) is 3.13. The first kappa shape index (κ1) is 15.8. The normalized spacial score (nSPS) is 13.0. The molecule has 0 aliphatic rings. The van der Waals surface area contributed by atoms with Crippen LogP contribution in [0.4, 0.5) is 0 Å². The smallest absolute Gasteiger partial charge is 0.0849 e. The zero-order chi connectivity index (χ0) is 15.2. The van der Waals surface area contributed by atoms with Crippen molar-refractivity contribution in [2.75, 3.05) is 7.05 Å². The molecule has 0 fully saturated rings. The third-order valence-corrected chi connectivity index (χ3v) is 4.12. The van der Waals surface area contributed by atoms with Crippen molar-refractivity contribution >= 4 is 0 Å². The Bertz CT molecular complexity index is 486. The molecule has 0 spiro atoms. The molecule has 0 amide bonds. The van der Waals surface area contributed by atoms with Gasteiger partial charge in [-0.15, -0.1) is 0 Å². The highest BCUT2D eigenvalue weighted by Crippen LogP contribution is 2.17. The Morgan fingerprint density at radius 2 is 1.95 bits per heavy atom. The molecular weight excluding hydrogens is 262 g/mol. The molecule has 5 nitrogen and oxygen atoms in total. The minimum Gasteiger partial charge on any atom is -0.313 e. The Balaban J connectivity index is 2.05. The van der Waals surface area contributed by atoms with E-state index in [0.717, 1.165) is 31.5 Å². The van der Waals surface area contributed by atoms with Crippen LogP contribution in [0.5, 0.6) is 0 Å². The Kier molecular flexibility index (Phi) is 5.56. The second kappa shape index (κ2) is 7.41. The molecule has 116 valence electrons. The highest BCUT2D eigenvalue weighted by atomic mass is 15.3. The van der Waals surface area contributed by atoms with Crippen molar-refractivity contribution in [3.8, 4) is 0 Å². The fourth-order valence-electron chi connectivity index (χ4n) is 2.75. The SMILES string of the molecule is CCC(NC)c1cnn(Cc2ccn(C(CC)CC)n2)c1. The van der Waals surface area contributed by atoms with Gasteiger partial charge in [0.05, 0.1) is 24.5 Å². The molecule has 1 unspecified atom stereocenters. The molecule has 2 aromatic heterocycles. The third kappa shape index (κ3) is 3.73. The molecule has 0 radical (unpaired) electrons. The minimum absolute atomic E-state index is 0.376. The summed E-state index contributed by atoms with van der Waals surface area (Å²) in [6.07, 6.45) is 9.43. The zero-order valence-corrected chi connectivity index (χ0v) is 13.6. The van der Waals surface area contributed by atoms with Crippen LogP contribution in [0, 0.1) is 0 Å². The average molecular weight is 289 g/mol. The van der Waals surface area contributed by atoms with E-state index in [2.05, 4.69) is 59.4 Å². The van der Waals surface area contributed by atoms with Crippen molar-refractivity contribution in [1.29, 1.82) is 0 Å². The summed E-state index contributed by atoms with van der Waals surface area (Å²) in [5, 5.41) is 12.4. The lowest BCUT2D eigenvalue weighted by molar-refractivity contribution is 0.424. The summed E-state index contributed by atoms with van der Waals surface area (Å²) in [6, 6.07) is 2.97. The summed E-state index contributed by atoms with van der Waals surface area (Å²) >= 11 is 0. The maximum absolute atomic E-state index is 4.68. The predicted octanol–water partition coefficient (Wildman–Crippen LogP) is 3.16. The van der Waals surface area contributed by atoms with Gasteiger partial charge in [-0.25, -0.2) is 0 Å². The lowest BCUT2D eigenvalue weighted by Gasteiger charge is -2.12. The van der Waals surface area contributed by atoms with Crippen molar-refractivity contribution in [3.63, 3.8) is 0 Å². The van der Waals surface area contributed by atoms with Crippen LogP contribution in [-0.2, 0) is 6.54 Å². The molecule has 2 rings (SSSR count). The van der Waals surface area contributed by atoms with E-state index in [1.807, 2.05) is 17.9 Å². The van der Waals surface area contributed by atoms with Crippen molar-refractivity contribution in [1.82, 2.24) is 24.9 Å². The molecule has 1 atom stereocenters. The highest BCUT2D eigenvalue weighted by molar-refractivity contribution is 5.11. The van der Waals surface area contributed by atoms with Crippen LogP contribution in [0.25, 0.3) is 0 Å². The summed E-state index contributed by atoms with van der Waals surface area (Å²) < 4.78 is 4.05. The second-order valence-electron chi connectivity index (χ2n) is 5.48. The summed E-state index contributed by atoms with van der Waals surface area (Å²) in [5.74, 6) is 0. The Morgan fingerprint density at radius 1 is 1.19 bits per heavy atom. The monoisotopic (exact) mass is 289 g/mol. The van der Waals surface area contributed by atoms with E-state index in [-0.39, 0.29) is 0 Å². The Hall–Kier alpha value is -1.62. The minimum atomic E-state index is 0.376. The van der Waals surface area contributed by atoms with Gasteiger partial charge in [-0.05, 0) is 32.4 Å². The van der Waals surface area contributed by atoms with Crippen LogP contribution in [-0.4, -0.2) is 26.6 Å². The van der Waals surface area contributed by atoms with E-state index >= 15 is 0 Å². The van der Waals surface area contributed by atoms with Crippen LogP contribution >= 0.6 is 0 Å². The topological polar surface area (TPSA) is 47.7 Å². The van der Waals surface area contributed by atoms with E-state index in [1.165, 1.54) is 5.56 Å². The van der Waals surface area contributed by atoms with Crippen molar-refractivity contribution in [2.45, 2.75) is 58.7 Å². The molecule has 0 aromatic carbocycles. The van der Waals surface area contributed by atoms with Gasteiger partial charge < -0.3 is 5.32 Å². The van der Waals surface area contributed by atoms with E-state index in [4.69, 9.17) is 0 Å².